The second kappa shape index (κ2) is 10.0. The molecule has 0 bridgehead atoms. The third-order valence-corrected chi connectivity index (χ3v) is 5.45. The minimum Gasteiger partial charge on any atom is -0.497 e. The van der Waals surface area contributed by atoms with Crippen LogP contribution in [-0.2, 0) is 13.0 Å². The van der Waals surface area contributed by atoms with E-state index in [0.717, 1.165) is 47.7 Å². The van der Waals surface area contributed by atoms with Gasteiger partial charge in [-0.25, -0.2) is 4.98 Å². The molecule has 0 spiro atoms. The van der Waals surface area contributed by atoms with Crippen molar-refractivity contribution < 1.29 is 14.3 Å². The lowest BCUT2D eigenvalue weighted by molar-refractivity contribution is 0.0953. The molecule has 1 aromatic heterocycles. The molecule has 0 unspecified atom stereocenters. The molecule has 0 radical (unpaired) electrons. The summed E-state index contributed by atoms with van der Waals surface area (Å²) in [5, 5.41) is 2.99. The highest BCUT2D eigenvalue weighted by Crippen LogP contribution is 2.20. The SMILES string of the molecule is COc1ccc(Cn2c(CCCNC(=O)c3ccc(OC)cc3)nc3ccccc32)cc1. The minimum absolute atomic E-state index is 0.0839. The molecule has 0 saturated heterocycles. The van der Waals surface area contributed by atoms with Gasteiger partial charge in [0.1, 0.15) is 17.3 Å². The monoisotopic (exact) mass is 429 g/mol. The van der Waals surface area contributed by atoms with Gasteiger partial charge >= 0.3 is 0 Å². The van der Waals surface area contributed by atoms with Crippen LogP contribution in [0.25, 0.3) is 11.0 Å². The number of aryl methyl sites for hydroxylation is 1. The van der Waals surface area contributed by atoms with Gasteiger partial charge in [0.15, 0.2) is 0 Å². The van der Waals surface area contributed by atoms with E-state index in [2.05, 4.69) is 28.1 Å². The number of imidazole rings is 1. The van der Waals surface area contributed by atoms with E-state index in [1.165, 1.54) is 5.56 Å². The van der Waals surface area contributed by atoms with Crippen LogP contribution in [0.1, 0.15) is 28.2 Å². The largest absolute Gasteiger partial charge is 0.497 e. The zero-order valence-corrected chi connectivity index (χ0v) is 18.4. The summed E-state index contributed by atoms with van der Waals surface area (Å²) in [7, 11) is 3.28. The van der Waals surface area contributed by atoms with Crippen LogP contribution in [0.2, 0.25) is 0 Å². The molecular formula is C26H27N3O3. The van der Waals surface area contributed by atoms with E-state index >= 15 is 0 Å². The molecular weight excluding hydrogens is 402 g/mol. The number of hydrogen-bond donors (Lipinski definition) is 1. The molecule has 1 heterocycles. The normalized spacial score (nSPS) is 10.8. The summed E-state index contributed by atoms with van der Waals surface area (Å²) in [6.07, 6.45) is 1.57. The highest BCUT2D eigenvalue weighted by Gasteiger charge is 2.12. The van der Waals surface area contributed by atoms with Crippen molar-refractivity contribution in [3.05, 3.63) is 89.7 Å². The van der Waals surface area contributed by atoms with E-state index in [1.807, 2.05) is 30.3 Å². The Morgan fingerprint density at radius 1 is 0.906 bits per heavy atom. The molecule has 1 amide bonds. The predicted octanol–water partition coefficient (Wildman–Crippen LogP) is 4.46. The van der Waals surface area contributed by atoms with Gasteiger partial charge < -0.3 is 19.4 Å². The lowest BCUT2D eigenvalue weighted by Crippen LogP contribution is -2.25. The standard InChI is InChI=1S/C26H27N3O3/c1-31-21-13-9-19(10-14-21)18-29-24-7-4-3-6-23(24)28-25(29)8-5-17-27-26(30)20-11-15-22(32-2)16-12-20/h3-4,6-7,9-16H,5,8,17-18H2,1-2H3,(H,27,30). The van der Waals surface area contributed by atoms with Gasteiger partial charge in [-0.05, 0) is 60.5 Å². The number of benzene rings is 3. The number of nitrogens with one attached hydrogen (secondary N) is 1. The summed E-state index contributed by atoms with van der Waals surface area (Å²) in [5.74, 6) is 2.51. The van der Waals surface area contributed by atoms with Crippen molar-refractivity contribution in [3.8, 4) is 11.5 Å². The van der Waals surface area contributed by atoms with Gasteiger partial charge in [0, 0.05) is 25.1 Å². The van der Waals surface area contributed by atoms with Crippen LogP contribution in [0.5, 0.6) is 11.5 Å². The van der Waals surface area contributed by atoms with Crippen molar-refractivity contribution in [1.82, 2.24) is 14.9 Å². The molecule has 4 rings (SSSR count). The van der Waals surface area contributed by atoms with Crippen LogP contribution in [0.4, 0.5) is 0 Å². The van der Waals surface area contributed by atoms with Crippen LogP contribution < -0.4 is 14.8 Å². The van der Waals surface area contributed by atoms with Gasteiger partial charge in [-0.1, -0.05) is 24.3 Å². The summed E-state index contributed by atoms with van der Waals surface area (Å²) in [5.41, 5.74) is 3.90. The Kier molecular flexibility index (Phi) is 6.70. The highest BCUT2D eigenvalue weighted by atomic mass is 16.5. The van der Waals surface area contributed by atoms with E-state index < -0.39 is 0 Å². The van der Waals surface area contributed by atoms with Crippen LogP contribution >= 0.6 is 0 Å². The van der Waals surface area contributed by atoms with Crippen molar-refractivity contribution >= 4 is 16.9 Å². The highest BCUT2D eigenvalue weighted by molar-refractivity contribution is 5.94. The summed E-state index contributed by atoms with van der Waals surface area (Å²) < 4.78 is 12.7. The fourth-order valence-corrected chi connectivity index (χ4v) is 3.70. The zero-order valence-electron chi connectivity index (χ0n) is 18.4. The number of fused-ring (bicyclic) bond motifs is 1. The van der Waals surface area contributed by atoms with E-state index in [0.29, 0.717) is 12.1 Å². The first-order chi connectivity index (χ1) is 15.7. The number of para-hydroxylation sites is 2. The maximum atomic E-state index is 12.4. The van der Waals surface area contributed by atoms with E-state index in [1.54, 1.807) is 38.5 Å². The topological polar surface area (TPSA) is 65.4 Å². The Bertz CT molecular complexity index is 1180. The van der Waals surface area contributed by atoms with Gasteiger partial charge in [-0.2, -0.15) is 0 Å². The van der Waals surface area contributed by atoms with Gasteiger partial charge in [0.05, 0.1) is 25.3 Å². The lowest BCUT2D eigenvalue weighted by atomic mass is 10.2. The van der Waals surface area contributed by atoms with Crippen molar-refractivity contribution in [1.29, 1.82) is 0 Å². The van der Waals surface area contributed by atoms with Crippen molar-refractivity contribution in [3.63, 3.8) is 0 Å². The molecule has 0 fully saturated rings. The second-order valence-corrected chi connectivity index (χ2v) is 7.54. The average molecular weight is 430 g/mol. The molecule has 32 heavy (non-hydrogen) atoms. The molecule has 0 aliphatic rings. The number of amides is 1. The van der Waals surface area contributed by atoms with Crippen LogP contribution in [0.15, 0.2) is 72.8 Å². The predicted molar refractivity (Wildman–Crippen MR) is 125 cm³/mol. The third kappa shape index (κ3) is 4.91. The summed E-state index contributed by atoms with van der Waals surface area (Å²) in [6.45, 7) is 1.31. The molecule has 1 N–H and O–H groups in total. The van der Waals surface area contributed by atoms with Gasteiger partial charge in [0.2, 0.25) is 0 Å². The smallest absolute Gasteiger partial charge is 0.251 e. The molecule has 3 aromatic carbocycles. The Hall–Kier alpha value is -3.80. The van der Waals surface area contributed by atoms with Crippen LogP contribution in [-0.4, -0.2) is 36.2 Å². The van der Waals surface area contributed by atoms with E-state index in [4.69, 9.17) is 14.5 Å². The van der Waals surface area contributed by atoms with E-state index in [-0.39, 0.29) is 5.91 Å². The molecule has 6 heteroatoms. The fraction of sp³-hybridized carbons (Fsp3) is 0.231. The molecule has 0 aliphatic carbocycles. The molecule has 0 atom stereocenters. The molecule has 6 nitrogen and oxygen atoms in total. The number of nitrogens with zero attached hydrogens (tertiary/aromatic N) is 2. The van der Waals surface area contributed by atoms with Crippen molar-refractivity contribution in [2.75, 3.05) is 20.8 Å². The number of methoxy groups -OCH3 is 2. The quantitative estimate of drug-likeness (QED) is 0.399. The summed E-state index contributed by atoms with van der Waals surface area (Å²) in [4.78, 5) is 17.2. The van der Waals surface area contributed by atoms with Gasteiger partial charge in [-0.3, -0.25) is 4.79 Å². The molecule has 0 saturated carbocycles. The molecule has 4 aromatic rings. The lowest BCUT2D eigenvalue weighted by Gasteiger charge is -2.11. The number of carbonyl (C=O) groups excluding carboxylic acids is 1. The van der Waals surface area contributed by atoms with Crippen molar-refractivity contribution in [2.45, 2.75) is 19.4 Å². The zero-order chi connectivity index (χ0) is 22.3. The number of aromatic nitrogens is 2. The van der Waals surface area contributed by atoms with Crippen molar-refractivity contribution in [2.24, 2.45) is 0 Å². The summed E-state index contributed by atoms with van der Waals surface area (Å²) >= 11 is 0. The maximum absolute atomic E-state index is 12.4. The Morgan fingerprint density at radius 2 is 1.56 bits per heavy atom. The fourth-order valence-electron chi connectivity index (χ4n) is 3.70. The first-order valence-corrected chi connectivity index (χ1v) is 10.7. The van der Waals surface area contributed by atoms with Crippen LogP contribution in [0, 0.1) is 0 Å². The first-order valence-electron chi connectivity index (χ1n) is 10.7. The second-order valence-electron chi connectivity index (χ2n) is 7.54. The van der Waals surface area contributed by atoms with Crippen LogP contribution in [0.3, 0.4) is 0 Å². The molecule has 164 valence electrons. The molecule has 0 aliphatic heterocycles. The Labute approximate surface area is 187 Å². The number of ether oxygens (including phenoxy) is 2. The minimum atomic E-state index is -0.0839. The third-order valence-electron chi connectivity index (χ3n) is 5.45. The number of hydrogen-bond acceptors (Lipinski definition) is 4. The Balaban J connectivity index is 1.41. The maximum Gasteiger partial charge on any atom is 0.251 e. The van der Waals surface area contributed by atoms with Gasteiger partial charge in [0.25, 0.3) is 5.91 Å². The van der Waals surface area contributed by atoms with Gasteiger partial charge in [-0.15, -0.1) is 0 Å². The summed E-state index contributed by atoms with van der Waals surface area (Å²) in [6, 6.07) is 23.4. The Morgan fingerprint density at radius 3 is 2.25 bits per heavy atom. The van der Waals surface area contributed by atoms with E-state index in [9.17, 15) is 4.79 Å². The average Bonchev–Trinajstić information content (AvgIpc) is 3.19. The first kappa shape index (κ1) is 21.4. The number of rotatable bonds is 9. The number of carbonyl (C=O) groups is 1.